The fourth-order valence-corrected chi connectivity index (χ4v) is 2.20. The third-order valence-corrected chi connectivity index (χ3v) is 3.52. The van der Waals surface area contributed by atoms with Gasteiger partial charge in [-0.15, -0.1) is 5.10 Å². The lowest BCUT2D eigenvalue weighted by Crippen LogP contribution is -2.12. The number of esters is 1. The molecule has 1 heterocycles. The van der Waals surface area contributed by atoms with Gasteiger partial charge in [-0.25, -0.2) is 9.18 Å². The molecule has 0 unspecified atom stereocenters. The van der Waals surface area contributed by atoms with E-state index in [0.717, 1.165) is 5.56 Å². The van der Waals surface area contributed by atoms with E-state index in [2.05, 4.69) is 20.3 Å². The smallest absolute Gasteiger partial charge is 0.337 e. The first-order valence-electron chi connectivity index (χ1n) is 7.61. The number of nitrogens with one attached hydrogen (secondary N) is 1. The molecule has 8 heteroatoms. The Hall–Kier alpha value is -3.55. The third-order valence-electron chi connectivity index (χ3n) is 3.52. The minimum Gasteiger partial charge on any atom is -0.465 e. The van der Waals surface area contributed by atoms with Gasteiger partial charge in [0.15, 0.2) is 0 Å². The lowest BCUT2D eigenvalue weighted by molar-refractivity contribution is 0.0600. The summed E-state index contributed by atoms with van der Waals surface area (Å²) in [6.07, 6.45) is 0.316. The van der Waals surface area contributed by atoms with Crippen LogP contribution < -0.4 is 5.32 Å². The first-order chi connectivity index (χ1) is 12.5. The summed E-state index contributed by atoms with van der Waals surface area (Å²) in [6, 6.07) is 11.8. The van der Waals surface area contributed by atoms with Crippen molar-refractivity contribution in [1.29, 1.82) is 0 Å². The number of carbonyl (C=O) groups is 2. The molecule has 0 aliphatic rings. The molecule has 0 saturated heterocycles. The van der Waals surface area contributed by atoms with E-state index >= 15 is 0 Å². The summed E-state index contributed by atoms with van der Waals surface area (Å²) in [7, 11) is 1.28. The topological polar surface area (TPSA) is 94.3 Å². The summed E-state index contributed by atoms with van der Waals surface area (Å²) in [5, 5.41) is 10.1. The van der Waals surface area contributed by atoms with E-state index in [9.17, 15) is 14.0 Å². The highest BCUT2D eigenvalue weighted by molar-refractivity contribution is 6.03. The number of ether oxygens (including phenoxy) is 1. The van der Waals surface area contributed by atoms with Crippen LogP contribution in [0.3, 0.4) is 0 Å². The van der Waals surface area contributed by atoms with Gasteiger partial charge in [-0.2, -0.15) is 0 Å². The minimum absolute atomic E-state index is 0.0517. The number of aromatic nitrogens is 2. The summed E-state index contributed by atoms with van der Waals surface area (Å²) < 4.78 is 22.9. The van der Waals surface area contributed by atoms with Crippen molar-refractivity contribution in [2.24, 2.45) is 0 Å². The lowest BCUT2D eigenvalue weighted by Gasteiger charge is -2.02. The lowest BCUT2D eigenvalue weighted by atomic mass is 10.1. The van der Waals surface area contributed by atoms with E-state index in [0.29, 0.717) is 17.5 Å². The molecule has 0 aliphatic carbocycles. The highest BCUT2D eigenvalue weighted by atomic mass is 19.1. The van der Waals surface area contributed by atoms with Crippen LogP contribution in [0.15, 0.2) is 52.9 Å². The molecule has 0 fully saturated rings. The predicted molar refractivity (Wildman–Crippen MR) is 89.2 cm³/mol. The second-order valence-corrected chi connectivity index (χ2v) is 5.33. The van der Waals surface area contributed by atoms with Crippen molar-refractivity contribution in [3.63, 3.8) is 0 Å². The number of amides is 1. The number of carbonyl (C=O) groups excluding carboxylic acids is 2. The van der Waals surface area contributed by atoms with Crippen LogP contribution in [0.5, 0.6) is 0 Å². The zero-order valence-corrected chi connectivity index (χ0v) is 13.7. The second-order valence-electron chi connectivity index (χ2n) is 5.33. The Morgan fingerprint density at radius 2 is 1.69 bits per heavy atom. The highest BCUT2D eigenvalue weighted by Gasteiger charge is 2.13. The minimum atomic E-state index is -0.487. The van der Waals surface area contributed by atoms with Crippen LogP contribution in [0.25, 0.3) is 0 Å². The summed E-state index contributed by atoms with van der Waals surface area (Å²) in [4.78, 5) is 23.6. The van der Waals surface area contributed by atoms with Crippen LogP contribution in [-0.2, 0) is 11.2 Å². The predicted octanol–water partition coefficient (Wildman–Crippen LogP) is 2.84. The number of hydrogen-bond donors (Lipinski definition) is 1. The Kier molecular flexibility index (Phi) is 5.02. The molecule has 0 aliphatic heterocycles. The van der Waals surface area contributed by atoms with E-state index in [1.807, 2.05) is 0 Å². The summed E-state index contributed by atoms with van der Waals surface area (Å²) in [6.45, 7) is 0. The van der Waals surface area contributed by atoms with Crippen molar-refractivity contribution in [2.45, 2.75) is 6.42 Å². The van der Waals surface area contributed by atoms with Crippen LogP contribution in [0.2, 0.25) is 0 Å². The molecule has 132 valence electrons. The Morgan fingerprint density at radius 1 is 1.04 bits per heavy atom. The standard InChI is InChI=1S/C18H14FN3O4/c1-25-17(24)13-6-4-12(5-7-13)16(23)20-18-22-21-15(26-18)10-11-2-8-14(19)9-3-11/h2-9H,10H2,1H3,(H,20,22,23). The van der Waals surface area contributed by atoms with E-state index in [1.54, 1.807) is 12.1 Å². The fraction of sp³-hybridized carbons (Fsp3) is 0.111. The monoisotopic (exact) mass is 355 g/mol. The van der Waals surface area contributed by atoms with Gasteiger partial charge < -0.3 is 9.15 Å². The van der Waals surface area contributed by atoms with Gasteiger partial charge >= 0.3 is 12.0 Å². The maximum atomic E-state index is 12.9. The van der Waals surface area contributed by atoms with Crippen molar-refractivity contribution in [1.82, 2.24) is 10.2 Å². The zero-order chi connectivity index (χ0) is 18.5. The van der Waals surface area contributed by atoms with Crippen LogP contribution in [0.4, 0.5) is 10.4 Å². The molecule has 1 aromatic heterocycles. The average molecular weight is 355 g/mol. The molecule has 0 bridgehead atoms. The van der Waals surface area contributed by atoms with Crippen molar-refractivity contribution in [3.8, 4) is 0 Å². The van der Waals surface area contributed by atoms with Crippen molar-refractivity contribution >= 4 is 17.9 Å². The molecule has 26 heavy (non-hydrogen) atoms. The number of nitrogens with zero attached hydrogens (tertiary/aromatic N) is 2. The molecule has 3 aromatic rings. The van der Waals surface area contributed by atoms with Gasteiger partial charge in [0.1, 0.15) is 5.82 Å². The zero-order valence-electron chi connectivity index (χ0n) is 13.7. The van der Waals surface area contributed by atoms with Gasteiger partial charge in [0, 0.05) is 5.56 Å². The Labute approximate surface area is 147 Å². The molecule has 0 atom stereocenters. The maximum Gasteiger partial charge on any atom is 0.337 e. The van der Waals surface area contributed by atoms with Crippen molar-refractivity contribution in [3.05, 3.63) is 76.9 Å². The molecule has 2 aromatic carbocycles. The van der Waals surface area contributed by atoms with Crippen LogP contribution >= 0.6 is 0 Å². The Bertz CT molecular complexity index is 920. The van der Waals surface area contributed by atoms with Crippen LogP contribution in [0, 0.1) is 5.82 Å². The largest absolute Gasteiger partial charge is 0.465 e. The molecule has 1 amide bonds. The fourth-order valence-electron chi connectivity index (χ4n) is 2.20. The summed E-state index contributed by atoms with van der Waals surface area (Å²) in [5.41, 5.74) is 1.45. The molecule has 7 nitrogen and oxygen atoms in total. The van der Waals surface area contributed by atoms with Crippen molar-refractivity contribution in [2.75, 3.05) is 12.4 Å². The number of methoxy groups -OCH3 is 1. The van der Waals surface area contributed by atoms with Gasteiger partial charge in [-0.3, -0.25) is 10.1 Å². The molecule has 0 radical (unpaired) electrons. The number of halogens is 1. The molecular weight excluding hydrogens is 341 g/mol. The van der Waals surface area contributed by atoms with Gasteiger partial charge in [0.25, 0.3) is 5.91 Å². The molecular formula is C18H14FN3O4. The summed E-state index contributed by atoms with van der Waals surface area (Å²) in [5.74, 6) is -0.990. The van der Waals surface area contributed by atoms with Gasteiger partial charge in [0.2, 0.25) is 5.89 Å². The SMILES string of the molecule is COC(=O)c1ccc(C(=O)Nc2nnc(Cc3ccc(F)cc3)o2)cc1. The van der Waals surface area contributed by atoms with Crippen molar-refractivity contribution < 1.29 is 23.1 Å². The molecule has 1 N–H and O–H groups in total. The number of rotatable bonds is 5. The quantitative estimate of drug-likeness (QED) is 0.707. The first kappa shape index (κ1) is 17.3. The first-order valence-corrected chi connectivity index (χ1v) is 7.61. The van der Waals surface area contributed by atoms with Gasteiger partial charge in [-0.05, 0) is 42.0 Å². The van der Waals surface area contributed by atoms with E-state index in [4.69, 9.17) is 4.42 Å². The average Bonchev–Trinajstić information content (AvgIpc) is 3.10. The third kappa shape index (κ3) is 4.10. The normalized spacial score (nSPS) is 10.4. The maximum absolute atomic E-state index is 12.9. The van der Waals surface area contributed by atoms with E-state index < -0.39 is 11.9 Å². The van der Waals surface area contributed by atoms with Crippen LogP contribution in [-0.4, -0.2) is 29.2 Å². The second kappa shape index (κ2) is 7.56. The van der Waals surface area contributed by atoms with E-state index in [1.165, 1.54) is 43.5 Å². The Morgan fingerprint density at radius 3 is 2.35 bits per heavy atom. The number of anilines is 1. The van der Waals surface area contributed by atoms with Gasteiger partial charge in [0.05, 0.1) is 19.1 Å². The van der Waals surface area contributed by atoms with E-state index in [-0.39, 0.29) is 17.7 Å². The molecule has 3 rings (SSSR count). The Balaban J connectivity index is 1.63. The summed E-state index contributed by atoms with van der Waals surface area (Å²) >= 11 is 0. The van der Waals surface area contributed by atoms with Crippen LogP contribution in [0.1, 0.15) is 32.2 Å². The van der Waals surface area contributed by atoms with Gasteiger partial charge in [-0.1, -0.05) is 17.2 Å². The number of hydrogen-bond acceptors (Lipinski definition) is 6. The molecule has 0 saturated carbocycles. The highest BCUT2D eigenvalue weighted by Crippen LogP contribution is 2.13. The molecule has 0 spiro atoms. The number of benzene rings is 2.